The van der Waals surface area contributed by atoms with E-state index < -0.39 is 23.6 Å². The summed E-state index contributed by atoms with van der Waals surface area (Å²) in [5.74, 6) is -0.697. The summed E-state index contributed by atoms with van der Waals surface area (Å²) in [4.78, 5) is 11.2. The molecule has 0 bridgehead atoms. The van der Waals surface area contributed by atoms with Crippen LogP contribution in [0.4, 0.5) is 9.18 Å². The van der Waals surface area contributed by atoms with E-state index in [9.17, 15) is 14.3 Å². The molecule has 0 aliphatic rings. The third-order valence-corrected chi connectivity index (χ3v) is 4.18. The molecule has 0 radical (unpaired) electrons. The monoisotopic (exact) mass is 357 g/mol. The Morgan fingerprint density at radius 3 is 2.35 bits per heavy atom. The van der Waals surface area contributed by atoms with Crippen LogP contribution in [0.25, 0.3) is 0 Å². The van der Waals surface area contributed by atoms with Gasteiger partial charge < -0.3 is 15.5 Å². The van der Waals surface area contributed by atoms with Crippen LogP contribution in [0.15, 0.2) is 42.5 Å². The highest BCUT2D eigenvalue weighted by atomic mass is 35.5. The van der Waals surface area contributed by atoms with Crippen molar-refractivity contribution in [2.45, 2.75) is 18.6 Å². The van der Waals surface area contributed by atoms with Gasteiger partial charge in [0.1, 0.15) is 11.9 Å². The van der Waals surface area contributed by atoms with Crippen LogP contribution in [0.5, 0.6) is 0 Å². The molecule has 4 nitrogen and oxygen atoms in total. The molecule has 0 spiro atoms. The Bertz CT molecular complexity index is 724. The fourth-order valence-electron chi connectivity index (χ4n) is 2.33. The third kappa shape index (κ3) is 3.75. The zero-order chi connectivity index (χ0) is 17.2. The topological polar surface area (TPSA) is 69.6 Å². The maximum Gasteiger partial charge on any atom is 0.405 e. The minimum absolute atomic E-state index is 0.0830. The molecule has 0 fully saturated rings. The Morgan fingerprint density at radius 2 is 1.83 bits per heavy atom. The van der Waals surface area contributed by atoms with Crippen molar-refractivity contribution in [3.63, 3.8) is 0 Å². The van der Waals surface area contributed by atoms with E-state index >= 15 is 0 Å². The molecule has 2 rings (SSSR count). The van der Waals surface area contributed by atoms with E-state index in [1.807, 2.05) is 0 Å². The summed E-state index contributed by atoms with van der Waals surface area (Å²) in [6, 6.07) is 10.2. The Hall–Kier alpha value is -1.82. The number of hydrogen-bond donors (Lipinski definition) is 3. The number of nitrogens with one attached hydrogen (secondary N) is 1. The van der Waals surface area contributed by atoms with Gasteiger partial charge in [-0.3, -0.25) is 0 Å². The van der Waals surface area contributed by atoms with Gasteiger partial charge >= 0.3 is 6.09 Å². The van der Waals surface area contributed by atoms with Crippen LogP contribution in [-0.2, 0) is 5.54 Å². The van der Waals surface area contributed by atoms with Crippen LogP contribution in [0.3, 0.4) is 0 Å². The molecule has 23 heavy (non-hydrogen) atoms. The molecule has 0 aromatic heterocycles. The molecule has 2 unspecified atom stereocenters. The lowest BCUT2D eigenvalue weighted by molar-refractivity contribution is 0.0655. The Labute approximate surface area is 142 Å². The molecule has 2 atom stereocenters. The number of rotatable bonds is 4. The first kappa shape index (κ1) is 17.5. The maximum absolute atomic E-state index is 13.6. The van der Waals surface area contributed by atoms with Crippen molar-refractivity contribution < 1.29 is 19.4 Å². The van der Waals surface area contributed by atoms with Crippen molar-refractivity contribution in [2.24, 2.45) is 0 Å². The summed E-state index contributed by atoms with van der Waals surface area (Å²) in [5.41, 5.74) is -0.735. The normalized spacial score (nSPS) is 14.8. The summed E-state index contributed by atoms with van der Waals surface area (Å²) < 4.78 is 13.6. The number of amides is 1. The summed E-state index contributed by atoms with van der Waals surface area (Å²) in [6.45, 7) is 1.50. The first-order valence-electron chi connectivity index (χ1n) is 6.64. The van der Waals surface area contributed by atoms with Gasteiger partial charge in [-0.05, 0) is 42.3 Å². The van der Waals surface area contributed by atoms with Crippen LogP contribution in [0.1, 0.15) is 24.2 Å². The van der Waals surface area contributed by atoms with Crippen molar-refractivity contribution in [2.75, 3.05) is 0 Å². The predicted molar refractivity (Wildman–Crippen MR) is 86.3 cm³/mol. The van der Waals surface area contributed by atoms with Crippen molar-refractivity contribution in [3.8, 4) is 0 Å². The Kier molecular flexibility index (Phi) is 5.14. The largest absolute Gasteiger partial charge is 0.465 e. The molecule has 0 aliphatic carbocycles. The van der Waals surface area contributed by atoms with E-state index in [4.69, 9.17) is 28.3 Å². The lowest BCUT2D eigenvalue weighted by atomic mass is 9.83. The fourth-order valence-corrected chi connectivity index (χ4v) is 2.58. The zero-order valence-electron chi connectivity index (χ0n) is 12.1. The number of carboxylic acid groups (broad SMARTS) is 1. The van der Waals surface area contributed by atoms with Gasteiger partial charge in [0.05, 0.1) is 10.6 Å². The van der Waals surface area contributed by atoms with E-state index in [-0.39, 0.29) is 10.6 Å². The van der Waals surface area contributed by atoms with E-state index in [1.165, 1.54) is 19.1 Å². The van der Waals surface area contributed by atoms with Gasteiger partial charge in [-0.15, -0.1) is 0 Å². The van der Waals surface area contributed by atoms with Gasteiger partial charge in [0.25, 0.3) is 0 Å². The molecule has 2 aromatic rings. The number of aliphatic hydroxyl groups excluding tert-OH is 1. The number of halogens is 3. The number of hydrogen-bond acceptors (Lipinski definition) is 2. The van der Waals surface area contributed by atoms with E-state index in [1.54, 1.807) is 24.3 Å². The van der Waals surface area contributed by atoms with Crippen molar-refractivity contribution >= 4 is 29.3 Å². The highest BCUT2D eigenvalue weighted by Gasteiger charge is 2.38. The number of carbonyl (C=O) groups is 1. The lowest BCUT2D eigenvalue weighted by Crippen LogP contribution is -2.47. The summed E-state index contributed by atoms with van der Waals surface area (Å²) in [6.07, 6.45) is -2.66. The van der Waals surface area contributed by atoms with Gasteiger partial charge in [-0.2, -0.15) is 0 Å². The van der Waals surface area contributed by atoms with Crippen LogP contribution < -0.4 is 5.32 Å². The average molecular weight is 358 g/mol. The zero-order valence-corrected chi connectivity index (χ0v) is 13.6. The smallest absolute Gasteiger partial charge is 0.405 e. The molecule has 0 saturated heterocycles. The van der Waals surface area contributed by atoms with Crippen molar-refractivity contribution in [1.29, 1.82) is 0 Å². The molecule has 3 N–H and O–H groups in total. The molecular formula is C16H14Cl2FNO3. The minimum atomic E-state index is -1.41. The standard InChI is InChI=1S/C16H14Cl2FNO3/c1-16(20-15(22)23,10-3-5-11(17)6-4-10)14(21)9-2-7-12(18)13(19)8-9/h2-8,14,20-21H,1H3,(H,22,23). The summed E-state index contributed by atoms with van der Waals surface area (Å²) >= 11 is 11.5. The second-order valence-corrected chi connectivity index (χ2v) is 6.06. The second-order valence-electron chi connectivity index (χ2n) is 5.22. The SMILES string of the molecule is CC(NC(=O)O)(c1ccc(Cl)cc1)C(O)c1ccc(Cl)c(F)c1. The van der Waals surface area contributed by atoms with Crippen LogP contribution in [0, 0.1) is 5.82 Å². The first-order valence-corrected chi connectivity index (χ1v) is 7.40. The average Bonchev–Trinajstić information content (AvgIpc) is 2.49. The Morgan fingerprint density at radius 1 is 1.22 bits per heavy atom. The Balaban J connectivity index is 2.50. The van der Waals surface area contributed by atoms with E-state index in [0.29, 0.717) is 10.6 Å². The summed E-state index contributed by atoms with van der Waals surface area (Å²) in [5, 5.41) is 22.5. The molecule has 2 aromatic carbocycles. The van der Waals surface area contributed by atoms with E-state index in [2.05, 4.69) is 5.32 Å². The van der Waals surface area contributed by atoms with Gasteiger partial charge in [0.2, 0.25) is 0 Å². The molecule has 0 heterocycles. The van der Waals surface area contributed by atoms with Crippen molar-refractivity contribution in [3.05, 3.63) is 69.5 Å². The van der Waals surface area contributed by atoms with Crippen LogP contribution in [0.2, 0.25) is 10.0 Å². The molecule has 0 saturated carbocycles. The van der Waals surface area contributed by atoms with Crippen molar-refractivity contribution in [1.82, 2.24) is 5.32 Å². The molecule has 122 valence electrons. The molecular weight excluding hydrogens is 344 g/mol. The highest BCUT2D eigenvalue weighted by Crippen LogP contribution is 2.36. The maximum atomic E-state index is 13.6. The second kappa shape index (κ2) is 6.74. The van der Waals surface area contributed by atoms with E-state index in [0.717, 1.165) is 6.07 Å². The van der Waals surface area contributed by atoms with Gasteiger partial charge in [0, 0.05) is 5.02 Å². The predicted octanol–water partition coefficient (Wildman–Crippen LogP) is 4.35. The quantitative estimate of drug-likeness (QED) is 0.761. The summed E-state index contributed by atoms with van der Waals surface area (Å²) in [7, 11) is 0. The number of aliphatic hydroxyl groups is 1. The van der Waals surface area contributed by atoms with Gasteiger partial charge in [-0.25, -0.2) is 9.18 Å². The van der Waals surface area contributed by atoms with Crippen LogP contribution >= 0.6 is 23.2 Å². The molecule has 7 heteroatoms. The number of benzene rings is 2. The minimum Gasteiger partial charge on any atom is -0.465 e. The third-order valence-electron chi connectivity index (χ3n) is 3.62. The van der Waals surface area contributed by atoms with Crippen LogP contribution in [-0.4, -0.2) is 16.3 Å². The highest BCUT2D eigenvalue weighted by molar-refractivity contribution is 6.30. The fraction of sp³-hybridized carbons (Fsp3) is 0.188. The van der Waals surface area contributed by atoms with Gasteiger partial charge in [-0.1, -0.05) is 41.4 Å². The van der Waals surface area contributed by atoms with Gasteiger partial charge in [0.15, 0.2) is 0 Å². The molecule has 0 aliphatic heterocycles. The molecule has 1 amide bonds. The first-order chi connectivity index (χ1) is 10.7. The lowest BCUT2D eigenvalue weighted by Gasteiger charge is -2.35.